The molecule has 2 fully saturated rings. The number of ether oxygens (including phenoxy) is 1. The van der Waals surface area contributed by atoms with E-state index in [0.29, 0.717) is 43.5 Å². The molecule has 2 aromatic rings. The fraction of sp³-hybridized carbons (Fsp3) is 0.450. The van der Waals surface area contributed by atoms with Gasteiger partial charge < -0.3 is 15.2 Å². The summed E-state index contributed by atoms with van der Waals surface area (Å²) in [7, 11) is 0. The number of rotatable bonds is 5. The number of carboxylic acid groups (broad SMARTS) is 1. The van der Waals surface area contributed by atoms with Gasteiger partial charge in [0.1, 0.15) is 5.69 Å². The Morgan fingerprint density at radius 3 is 2.89 bits per heavy atom. The SMILES string of the molecule is O=C(O)[C@H]1CCC[C@@H](Nc2ncc(F)c(-c3cccc(C4COC4)c3)n2)C1. The Balaban J connectivity index is 1.54. The zero-order valence-corrected chi connectivity index (χ0v) is 14.9. The molecule has 4 rings (SSSR count). The second-order valence-electron chi connectivity index (χ2n) is 7.29. The van der Waals surface area contributed by atoms with Crippen molar-refractivity contribution in [2.75, 3.05) is 18.5 Å². The van der Waals surface area contributed by atoms with Gasteiger partial charge in [0.25, 0.3) is 0 Å². The molecule has 1 aliphatic carbocycles. The largest absolute Gasteiger partial charge is 0.481 e. The summed E-state index contributed by atoms with van der Waals surface area (Å²) >= 11 is 0. The Hall–Kier alpha value is -2.54. The highest BCUT2D eigenvalue weighted by atomic mass is 19.1. The maximum absolute atomic E-state index is 14.4. The van der Waals surface area contributed by atoms with Crippen LogP contribution in [0.25, 0.3) is 11.3 Å². The lowest BCUT2D eigenvalue weighted by atomic mass is 9.86. The van der Waals surface area contributed by atoms with Gasteiger partial charge in [-0.05, 0) is 30.9 Å². The number of halogens is 1. The predicted molar refractivity (Wildman–Crippen MR) is 98.0 cm³/mol. The first-order chi connectivity index (χ1) is 13.1. The van der Waals surface area contributed by atoms with Crippen molar-refractivity contribution in [3.8, 4) is 11.3 Å². The lowest BCUT2D eigenvalue weighted by Crippen LogP contribution is -2.31. The highest BCUT2D eigenvalue weighted by Crippen LogP contribution is 2.30. The summed E-state index contributed by atoms with van der Waals surface area (Å²) in [4.78, 5) is 19.7. The Kier molecular flexibility index (Phi) is 5.03. The number of carbonyl (C=O) groups is 1. The van der Waals surface area contributed by atoms with Gasteiger partial charge in [0.05, 0.1) is 25.3 Å². The Morgan fingerprint density at radius 2 is 2.15 bits per heavy atom. The third-order valence-electron chi connectivity index (χ3n) is 5.37. The van der Waals surface area contributed by atoms with E-state index in [2.05, 4.69) is 15.3 Å². The van der Waals surface area contributed by atoms with Gasteiger partial charge in [-0.2, -0.15) is 0 Å². The molecule has 2 heterocycles. The first kappa shape index (κ1) is 17.9. The van der Waals surface area contributed by atoms with Gasteiger partial charge in [-0.25, -0.2) is 14.4 Å². The predicted octanol–water partition coefficient (Wildman–Crippen LogP) is 3.45. The molecule has 2 N–H and O–H groups in total. The third-order valence-corrected chi connectivity index (χ3v) is 5.37. The average Bonchev–Trinajstić information content (AvgIpc) is 2.62. The van der Waals surface area contributed by atoms with Crippen LogP contribution in [0.5, 0.6) is 0 Å². The maximum atomic E-state index is 14.4. The van der Waals surface area contributed by atoms with Gasteiger partial charge in [0.15, 0.2) is 5.82 Å². The van der Waals surface area contributed by atoms with E-state index < -0.39 is 11.8 Å². The van der Waals surface area contributed by atoms with E-state index in [0.717, 1.165) is 18.4 Å². The minimum absolute atomic E-state index is 0.0170. The smallest absolute Gasteiger partial charge is 0.306 e. The first-order valence-electron chi connectivity index (χ1n) is 9.30. The van der Waals surface area contributed by atoms with Crippen LogP contribution in [0, 0.1) is 11.7 Å². The number of benzene rings is 1. The quantitative estimate of drug-likeness (QED) is 0.837. The van der Waals surface area contributed by atoms with Crippen molar-refractivity contribution in [3.05, 3.63) is 41.8 Å². The summed E-state index contributed by atoms with van der Waals surface area (Å²) in [6, 6.07) is 7.68. The van der Waals surface area contributed by atoms with Crippen molar-refractivity contribution in [2.45, 2.75) is 37.6 Å². The number of aromatic nitrogens is 2. The Labute approximate surface area is 156 Å². The number of hydrogen-bond acceptors (Lipinski definition) is 5. The van der Waals surface area contributed by atoms with Crippen LogP contribution in [0.15, 0.2) is 30.5 Å². The van der Waals surface area contributed by atoms with Crippen LogP contribution in [0.4, 0.5) is 10.3 Å². The van der Waals surface area contributed by atoms with Gasteiger partial charge in [0.2, 0.25) is 5.95 Å². The molecule has 7 heteroatoms. The highest BCUT2D eigenvalue weighted by Gasteiger charge is 2.27. The summed E-state index contributed by atoms with van der Waals surface area (Å²) in [5.74, 6) is -0.909. The molecular formula is C20H22FN3O3. The summed E-state index contributed by atoms with van der Waals surface area (Å²) in [5.41, 5.74) is 2.07. The van der Waals surface area contributed by atoms with Crippen LogP contribution in [-0.2, 0) is 9.53 Å². The van der Waals surface area contributed by atoms with E-state index in [1.807, 2.05) is 24.3 Å². The molecule has 142 valence electrons. The molecule has 0 bridgehead atoms. The number of nitrogens with zero attached hydrogens (tertiary/aromatic N) is 2. The summed E-state index contributed by atoms with van der Waals surface area (Å²) in [5, 5.41) is 12.4. The Morgan fingerprint density at radius 1 is 1.30 bits per heavy atom. The molecule has 1 saturated heterocycles. The van der Waals surface area contributed by atoms with Gasteiger partial charge in [-0.15, -0.1) is 0 Å². The lowest BCUT2D eigenvalue weighted by Gasteiger charge is -2.27. The second kappa shape index (κ2) is 7.60. The van der Waals surface area contributed by atoms with Crippen LogP contribution in [0.2, 0.25) is 0 Å². The van der Waals surface area contributed by atoms with E-state index >= 15 is 0 Å². The molecule has 0 radical (unpaired) electrons. The van der Waals surface area contributed by atoms with Crippen LogP contribution in [0.3, 0.4) is 0 Å². The first-order valence-corrected chi connectivity index (χ1v) is 9.30. The van der Waals surface area contributed by atoms with E-state index in [-0.39, 0.29) is 17.7 Å². The number of anilines is 1. The molecule has 1 aliphatic heterocycles. The molecule has 1 aromatic carbocycles. The van der Waals surface area contributed by atoms with Crippen molar-refractivity contribution < 1.29 is 19.0 Å². The fourth-order valence-corrected chi connectivity index (χ4v) is 3.73. The second-order valence-corrected chi connectivity index (χ2v) is 7.29. The average molecular weight is 371 g/mol. The van der Waals surface area contributed by atoms with Gasteiger partial charge >= 0.3 is 5.97 Å². The molecule has 0 unspecified atom stereocenters. The van der Waals surface area contributed by atoms with Crippen molar-refractivity contribution in [1.29, 1.82) is 0 Å². The minimum Gasteiger partial charge on any atom is -0.481 e. The van der Waals surface area contributed by atoms with Gasteiger partial charge in [0, 0.05) is 17.5 Å². The Bertz CT molecular complexity index is 841. The standard InChI is InChI=1S/C20H22FN3O3/c21-17-9-22-20(23-16-6-2-5-14(8-16)19(25)26)24-18(17)13-4-1-3-12(7-13)15-10-27-11-15/h1,3-4,7,9,14-16H,2,5-6,8,10-11H2,(H,25,26)(H,22,23,24)/t14-,16+/m0/s1. The summed E-state index contributed by atoms with van der Waals surface area (Å²) < 4.78 is 19.6. The van der Waals surface area contributed by atoms with Gasteiger partial charge in [-0.3, -0.25) is 4.79 Å². The van der Waals surface area contributed by atoms with E-state index in [4.69, 9.17) is 4.74 Å². The monoisotopic (exact) mass is 371 g/mol. The molecule has 0 spiro atoms. The molecule has 6 nitrogen and oxygen atoms in total. The minimum atomic E-state index is -0.765. The summed E-state index contributed by atoms with van der Waals surface area (Å²) in [6.07, 6.45) is 4.09. The van der Waals surface area contributed by atoms with Crippen LogP contribution >= 0.6 is 0 Å². The molecule has 0 amide bonds. The van der Waals surface area contributed by atoms with E-state index in [1.165, 1.54) is 6.20 Å². The van der Waals surface area contributed by atoms with E-state index in [9.17, 15) is 14.3 Å². The normalized spacial score (nSPS) is 22.9. The number of nitrogens with one attached hydrogen (secondary N) is 1. The summed E-state index contributed by atoms with van der Waals surface area (Å²) in [6.45, 7) is 1.38. The van der Waals surface area contributed by atoms with Crippen molar-refractivity contribution in [2.24, 2.45) is 5.92 Å². The maximum Gasteiger partial charge on any atom is 0.306 e. The zero-order valence-electron chi connectivity index (χ0n) is 14.9. The van der Waals surface area contributed by atoms with Gasteiger partial charge in [-0.1, -0.05) is 24.6 Å². The van der Waals surface area contributed by atoms with Crippen molar-refractivity contribution in [3.63, 3.8) is 0 Å². The fourth-order valence-electron chi connectivity index (χ4n) is 3.73. The molecule has 1 aromatic heterocycles. The third kappa shape index (κ3) is 3.93. The topological polar surface area (TPSA) is 84.3 Å². The zero-order chi connectivity index (χ0) is 18.8. The molecule has 1 saturated carbocycles. The van der Waals surface area contributed by atoms with Crippen LogP contribution < -0.4 is 5.32 Å². The highest BCUT2D eigenvalue weighted by molar-refractivity contribution is 5.70. The molecule has 27 heavy (non-hydrogen) atoms. The lowest BCUT2D eigenvalue weighted by molar-refractivity contribution is -0.142. The molecule has 2 aliphatic rings. The molecule has 2 atom stereocenters. The number of aliphatic carboxylic acids is 1. The number of carboxylic acids is 1. The number of hydrogen-bond donors (Lipinski definition) is 2. The van der Waals surface area contributed by atoms with Crippen molar-refractivity contribution in [1.82, 2.24) is 9.97 Å². The van der Waals surface area contributed by atoms with Crippen LogP contribution in [-0.4, -0.2) is 40.3 Å². The molecular weight excluding hydrogens is 349 g/mol. The van der Waals surface area contributed by atoms with E-state index in [1.54, 1.807) is 0 Å². The van der Waals surface area contributed by atoms with Crippen molar-refractivity contribution >= 4 is 11.9 Å². The van der Waals surface area contributed by atoms with Crippen LogP contribution in [0.1, 0.15) is 37.2 Å².